The average molecular weight is 289 g/mol. The Morgan fingerprint density at radius 1 is 1.33 bits per heavy atom. The summed E-state index contributed by atoms with van der Waals surface area (Å²) in [6.07, 6.45) is 3.28. The largest absolute Gasteiger partial charge is 0.341 e. The second kappa shape index (κ2) is 7.57. The quantitative estimate of drug-likeness (QED) is 0.902. The number of carbonyl (C=O) groups excluding carboxylic acids is 1. The van der Waals surface area contributed by atoms with E-state index in [1.54, 1.807) is 0 Å². The molecule has 21 heavy (non-hydrogen) atoms. The monoisotopic (exact) mass is 289 g/mol. The molecule has 0 radical (unpaired) electrons. The minimum atomic E-state index is -0.551. The maximum Gasteiger partial charge on any atom is 0.244 e. The molecule has 1 heterocycles. The molecule has 0 saturated carbocycles. The van der Waals surface area contributed by atoms with Crippen molar-refractivity contribution in [2.45, 2.75) is 38.3 Å². The molecule has 0 aromatic heterocycles. The Labute approximate surface area is 127 Å². The number of piperidine rings is 1. The molecule has 0 spiro atoms. The first kappa shape index (κ1) is 16.0. The fraction of sp³-hybridized carbons (Fsp3) is 0.588. The summed E-state index contributed by atoms with van der Waals surface area (Å²) in [6, 6.07) is 9.39. The number of nitrogens with zero attached hydrogens (tertiary/aromatic N) is 2. The summed E-state index contributed by atoms with van der Waals surface area (Å²) in [4.78, 5) is 16.9. The van der Waals surface area contributed by atoms with E-state index < -0.39 is 6.04 Å². The normalized spacial score (nSPS) is 18.4. The molecule has 4 heteroatoms. The van der Waals surface area contributed by atoms with Crippen LogP contribution in [-0.4, -0.2) is 48.4 Å². The second-order valence-corrected chi connectivity index (χ2v) is 5.91. The minimum Gasteiger partial charge on any atom is -0.341 e. The Kier molecular flexibility index (Phi) is 5.76. The van der Waals surface area contributed by atoms with E-state index in [2.05, 4.69) is 11.8 Å². The van der Waals surface area contributed by atoms with E-state index in [4.69, 9.17) is 5.73 Å². The number of likely N-dealkylation sites (N-methyl/N-ethyl adjacent to an activating group) is 1. The third kappa shape index (κ3) is 4.05. The van der Waals surface area contributed by atoms with E-state index in [1.165, 1.54) is 6.42 Å². The zero-order valence-corrected chi connectivity index (χ0v) is 13.2. The van der Waals surface area contributed by atoms with Crippen molar-refractivity contribution in [1.82, 2.24) is 9.80 Å². The van der Waals surface area contributed by atoms with Gasteiger partial charge in [0.25, 0.3) is 0 Å². The van der Waals surface area contributed by atoms with Crippen LogP contribution in [0.1, 0.15) is 37.8 Å². The molecule has 4 nitrogen and oxygen atoms in total. The van der Waals surface area contributed by atoms with Crippen molar-refractivity contribution in [2.75, 3.05) is 26.7 Å². The van der Waals surface area contributed by atoms with Crippen LogP contribution >= 0.6 is 0 Å². The molecule has 116 valence electrons. The molecule has 2 N–H and O–H groups in total. The predicted molar refractivity (Wildman–Crippen MR) is 85.9 cm³/mol. The highest BCUT2D eigenvalue weighted by Crippen LogP contribution is 2.19. The van der Waals surface area contributed by atoms with Crippen molar-refractivity contribution in [2.24, 2.45) is 5.73 Å². The first-order valence-corrected chi connectivity index (χ1v) is 7.93. The zero-order valence-electron chi connectivity index (χ0n) is 13.2. The van der Waals surface area contributed by atoms with Crippen LogP contribution in [0.2, 0.25) is 0 Å². The van der Waals surface area contributed by atoms with Crippen molar-refractivity contribution in [3.63, 3.8) is 0 Å². The van der Waals surface area contributed by atoms with Gasteiger partial charge in [-0.15, -0.1) is 0 Å². The van der Waals surface area contributed by atoms with Crippen molar-refractivity contribution in [3.05, 3.63) is 35.9 Å². The number of likely N-dealkylation sites (tertiary alicyclic amines) is 1. The Morgan fingerprint density at radius 2 is 1.95 bits per heavy atom. The fourth-order valence-corrected chi connectivity index (χ4v) is 3.05. The van der Waals surface area contributed by atoms with Crippen molar-refractivity contribution < 1.29 is 4.79 Å². The lowest BCUT2D eigenvalue weighted by Gasteiger charge is -2.37. The van der Waals surface area contributed by atoms with E-state index >= 15 is 0 Å². The first-order chi connectivity index (χ1) is 10.1. The van der Waals surface area contributed by atoms with Crippen LogP contribution in [0.15, 0.2) is 30.3 Å². The molecule has 1 atom stereocenters. The van der Waals surface area contributed by atoms with Gasteiger partial charge in [0.1, 0.15) is 6.04 Å². The van der Waals surface area contributed by atoms with Gasteiger partial charge in [0.15, 0.2) is 0 Å². The minimum absolute atomic E-state index is 0.0233. The molecule has 1 aromatic rings. The summed E-state index contributed by atoms with van der Waals surface area (Å²) in [5.74, 6) is 0.0233. The van der Waals surface area contributed by atoms with E-state index in [-0.39, 0.29) is 5.91 Å². The van der Waals surface area contributed by atoms with Gasteiger partial charge < -0.3 is 15.5 Å². The van der Waals surface area contributed by atoms with Crippen LogP contribution in [-0.2, 0) is 4.79 Å². The molecular weight excluding hydrogens is 262 g/mol. The number of nitrogens with two attached hydrogens (primary N) is 1. The molecule has 1 unspecified atom stereocenters. The molecule has 1 aromatic carbocycles. The highest BCUT2D eigenvalue weighted by Gasteiger charge is 2.28. The Morgan fingerprint density at radius 3 is 2.52 bits per heavy atom. The standard InChI is InChI=1S/C17H27N3O/c1-3-11-20-12-9-15(10-13-20)19(2)17(21)16(18)14-7-5-4-6-8-14/h4-8,15-16H,3,9-13,18H2,1-2H3. The molecule has 1 saturated heterocycles. The van der Waals surface area contributed by atoms with Gasteiger partial charge >= 0.3 is 0 Å². The third-order valence-corrected chi connectivity index (χ3v) is 4.42. The van der Waals surface area contributed by atoms with Crippen LogP contribution in [0.25, 0.3) is 0 Å². The lowest BCUT2D eigenvalue weighted by atomic mass is 10.0. The Hall–Kier alpha value is -1.39. The highest BCUT2D eigenvalue weighted by molar-refractivity contribution is 5.83. The van der Waals surface area contributed by atoms with E-state index in [0.717, 1.165) is 38.0 Å². The molecule has 2 rings (SSSR count). The molecule has 1 fully saturated rings. The van der Waals surface area contributed by atoms with Gasteiger partial charge in [0.05, 0.1) is 0 Å². The summed E-state index contributed by atoms with van der Waals surface area (Å²) < 4.78 is 0. The van der Waals surface area contributed by atoms with Gasteiger partial charge in [-0.3, -0.25) is 4.79 Å². The first-order valence-electron chi connectivity index (χ1n) is 7.93. The third-order valence-electron chi connectivity index (χ3n) is 4.42. The molecule has 0 aliphatic carbocycles. The van der Waals surface area contributed by atoms with E-state index in [0.29, 0.717) is 6.04 Å². The molecule has 0 bridgehead atoms. The van der Waals surface area contributed by atoms with Crippen LogP contribution in [0.4, 0.5) is 0 Å². The number of hydrogen-bond acceptors (Lipinski definition) is 3. The zero-order chi connectivity index (χ0) is 15.2. The van der Waals surface area contributed by atoms with Crippen LogP contribution in [0.5, 0.6) is 0 Å². The average Bonchev–Trinajstić information content (AvgIpc) is 2.54. The lowest BCUT2D eigenvalue weighted by molar-refractivity contribution is -0.134. The van der Waals surface area contributed by atoms with Gasteiger partial charge in [0.2, 0.25) is 5.91 Å². The van der Waals surface area contributed by atoms with Crippen molar-refractivity contribution >= 4 is 5.91 Å². The van der Waals surface area contributed by atoms with Gasteiger partial charge in [-0.05, 0) is 31.4 Å². The maximum absolute atomic E-state index is 12.5. The summed E-state index contributed by atoms with van der Waals surface area (Å²) >= 11 is 0. The van der Waals surface area contributed by atoms with Crippen molar-refractivity contribution in [3.8, 4) is 0 Å². The summed E-state index contributed by atoms with van der Waals surface area (Å²) in [5.41, 5.74) is 7.01. The van der Waals surface area contributed by atoms with Crippen LogP contribution in [0.3, 0.4) is 0 Å². The highest BCUT2D eigenvalue weighted by atomic mass is 16.2. The number of benzene rings is 1. The number of rotatable bonds is 5. The van der Waals surface area contributed by atoms with Crippen LogP contribution < -0.4 is 5.73 Å². The summed E-state index contributed by atoms with van der Waals surface area (Å²) in [6.45, 7) is 5.53. The summed E-state index contributed by atoms with van der Waals surface area (Å²) in [5, 5.41) is 0. The summed E-state index contributed by atoms with van der Waals surface area (Å²) in [7, 11) is 1.89. The number of carbonyl (C=O) groups is 1. The number of amides is 1. The maximum atomic E-state index is 12.5. The second-order valence-electron chi connectivity index (χ2n) is 5.91. The van der Waals surface area contributed by atoms with E-state index in [9.17, 15) is 4.79 Å². The lowest BCUT2D eigenvalue weighted by Crippen LogP contribution is -2.48. The van der Waals surface area contributed by atoms with Gasteiger partial charge in [-0.1, -0.05) is 37.3 Å². The van der Waals surface area contributed by atoms with Gasteiger partial charge in [0, 0.05) is 26.2 Å². The van der Waals surface area contributed by atoms with E-state index in [1.807, 2.05) is 42.3 Å². The van der Waals surface area contributed by atoms with Crippen molar-refractivity contribution in [1.29, 1.82) is 0 Å². The fourth-order valence-electron chi connectivity index (χ4n) is 3.05. The Bertz CT molecular complexity index is 441. The molecule has 1 aliphatic heterocycles. The van der Waals surface area contributed by atoms with Gasteiger partial charge in [-0.25, -0.2) is 0 Å². The molecule has 1 amide bonds. The Balaban J connectivity index is 1.91. The van der Waals surface area contributed by atoms with Gasteiger partial charge in [-0.2, -0.15) is 0 Å². The van der Waals surface area contributed by atoms with Crippen LogP contribution in [0, 0.1) is 0 Å². The predicted octanol–water partition coefficient (Wildman–Crippen LogP) is 2.02. The number of hydrogen-bond donors (Lipinski definition) is 1. The SMILES string of the molecule is CCCN1CCC(N(C)C(=O)C(N)c2ccccc2)CC1. The topological polar surface area (TPSA) is 49.6 Å². The molecular formula is C17H27N3O. The smallest absolute Gasteiger partial charge is 0.244 e. The molecule has 1 aliphatic rings.